The lowest BCUT2D eigenvalue weighted by molar-refractivity contribution is 0.0699. The number of sulfone groups is 1. The number of carbonyl (C=O) groups excluding carboxylic acids is 1. The predicted octanol–water partition coefficient (Wildman–Crippen LogP) is 4.53. The first-order chi connectivity index (χ1) is 13.2. The number of hydrogen-bond acceptors (Lipinski definition) is 5. The third-order valence-corrected chi connectivity index (χ3v) is 6.48. The first-order valence-electron chi connectivity index (χ1n) is 7.89. The zero-order chi connectivity index (χ0) is 20.5. The van der Waals surface area contributed by atoms with Gasteiger partial charge in [-0.15, -0.1) is 11.3 Å². The average Bonchev–Trinajstić information content (AvgIpc) is 3.05. The number of nitrogens with one attached hydrogen (secondary N) is 1. The van der Waals surface area contributed by atoms with Gasteiger partial charge in [0.2, 0.25) is 0 Å². The number of benzene rings is 2. The molecular formula is C19H14BrNO5S2. The standard InChI is InChI=1S/C19H14BrNO5S2/c1-28(25,26)14-8-4-12(5-9-14)17(22)21-18-16(19(23)24)15(10-27-18)11-2-6-13(20)7-3-11/h2-10H,1H3,(H,21,22)(H,23,24). The molecule has 0 bridgehead atoms. The summed E-state index contributed by atoms with van der Waals surface area (Å²) in [5, 5.41) is 14.1. The maximum atomic E-state index is 12.5. The average molecular weight is 480 g/mol. The fraction of sp³-hybridized carbons (Fsp3) is 0.0526. The summed E-state index contributed by atoms with van der Waals surface area (Å²) in [6, 6.07) is 12.6. The van der Waals surface area contributed by atoms with Crippen LogP contribution < -0.4 is 5.32 Å². The molecule has 1 amide bonds. The van der Waals surface area contributed by atoms with E-state index in [1.807, 2.05) is 0 Å². The molecule has 6 nitrogen and oxygen atoms in total. The number of halogens is 1. The zero-order valence-corrected chi connectivity index (χ0v) is 17.7. The molecule has 0 atom stereocenters. The predicted molar refractivity (Wildman–Crippen MR) is 112 cm³/mol. The topological polar surface area (TPSA) is 101 Å². The van der Waals surface area contributed by atoms with Crippen molar-refractivity contribution in [2.45, 2.75) is 4.90 Å². The van der Waals surface area contributed by atoms with Crippen LogP contribution in [0.3, 0.4) is 0 Å². The highest BCUT2D eigenvalue weighted by Crippen LogP contribution is 2.36. The lowest BCUT2D eigenvalue weighted by atomic mass is 10.0. The molecule has 0 spiro atoms. The summed E-state index contributed by atoms with van der Waals surface area (Å²) in [4.78, 5) is 24.4. The van der Waals surface area contributed by atoms with E-state index in [1.165, 1.54) is 24.3 Å². The lowest BCUT2D eigenvalue weighted by Gasteiger charge is -2.07. The van der Waals surface area contributed by atoms with Crippen molar-refractivity contribution in [2.75, 3.05) is 11.6 Å². The lowest BCUT2D eigenvalue weighted by Crippen LogP contribution is -2.13. The largest absolute Gasteiger partial charge is 0.478 e. The smallest absolute Gasteiger partial charge is 0.339 e. The van der Waals surface area contributed by atoms with E-state index in [2.05, 4.69) is 21.2 Å². The van der Waals surface area contributed by atoms with Gasteiger partial charge < -0.3 is 10.4 Å². The minimum absolute atomic E-state index is 0.00780. The van der Waals surface area contributed by atoms with Crippen LogP contribution in [0.25, 0.3) is 11.1 Å². The summed E-state index contributed by atoms with van der Waals surface area (Å²) in [6.45, 7) is 0. The molecule has 3 rings (SSSR count). The van der Waals surface area contributed by atoms with Crippen molar-refractivity contribution in [2.24, 2.45) is 0 Å². The van der Waals surface area contributed by atoms with Crippen molar-refractivity contribution >= 4 is 54.0 Å². The molecule has 0 aliphatic carbocycles. The SMILES string of the molecule is CS(=O)(=O)c1ccc(C(=O)Nc2scc(-c3ccc(Br)cc3)c2C(=O)O)cc1. The van der Waals surface area contributed by atoms with Gasteiger partial charge in [-0.3, -0.25) is 4.79 Å². The minimum Gasteiger partial charge on any atom is -0.478 e. The van der Waals surface area contributed by atoms with Crippen molar-refractivity contribution in [1.82, 2.24) is 0 Å². The van der Waals surface area contributed by atoms with Crippen LogP contribution in [0.1, 0.15) is 20.7 Å². The van der Waals surface area contributed by atoms with Gasteiger partial charge >= 0.3 is 5.97 Å². The summed E-state index contributed by atoms with van der Waals surface area (Å²) >= 11 is 4.45. The minimum atomic E-state index is -3.36. The number of aromatic carboxylic acids is 1. The Balaban J connectivity index is 1.91. The second-order valence-corrected chi connectivity index (χ2v) is 9.73. The molecule has 9 heteroatoms. The number of carboxylic acids is 1. The van der Waals surface area contributed by atoms with Gasteiger partial charge in [0.15, 0.2) is 9.84 Å². The molecule has 0 saturated carbocycles. The van der Waals surface area contributed by atoms with E-state index in [0.717, 1.165) is 27.6 Å². The van der Waals surface area contributed by atoms with Crippen LogP contribution in [-0.2, 0) is 9.84 Å². The van der Waals surface area contributed by atoms with E-state index in [-0.39, 0.29) is 21.0 Å². The van der Waals surface area contributed by atoms with Crippen LogP contribution >= 0.6 is 27.3 Å². The van der Waals surface area contributed by atoms with Gasteiger partial charge in [-0.25, -0.2) is 13.2 Å². The van der Waals surface area contributed by atoms with Gasteiger partial charge in [0.05, 0.1) is 4.90 Å². The maximum absolute atomic E-state index is 12.5. The van der Waals surface area contributed by atoms with Crippen molar-refractivity contribution in [1.29, 1.82) is 0 Å². The third-order valence-electron chi connectivity index (χ3n) is 3.93. The van der Waals surface area contributed by atoms with Gasteiger partial charge in [0, 0.05) is 27.2 Å². The summed E-state index contributed by atoms with van der Waals surface area (Å²) < 4.78 is 23.9. The Labute approximate surface area is 173 Å². The van der Waals surface area contributed by atoms with E-state index < -0.39 is 21.7 Å². The quantitative estimate of drug-likeness (QED) is 0.559. The molecule has 28 heavy (non-hydrogen) atoms. The van der Waals surface area contributed by atoms with Crippen LogP contribution in [0, 0.1) is 0 Å². The molecule has 0 radical (unpaired) electrons. The van der Waals surface area contributed by atoms with E-state index >= 15 is 0 Å². The Hall–Kier alpha value is -2.49. The zero-order valence-electron chi connectivity index (χ0n) is 14.5. The molecule has 3 aromatic rings. The normalized spacial score (nSPS) is 11.2. The first kappa shape index (κ1) is 20.2. The summed E-state index contributed by atoms with van der Waals surface area (Å²) in [5.74, 6) is -1.67. The molecule has 0 aliphatic heterocycles. The van der Waals surface area contributed by atoms with Crippen molar-refractivity contribution in [3.8, 4) is 11.1 Å². The van der Waals surface area contributed by atoms with Gasteiger partial charge in [-0.1, -0.05) is 28.1 Å². The number of hydrogen-bond donors (Lipinski definition) is 2. The van der Waals surface area contributed by atoms with E-state index in [1.54, 1.807) is 29.6 Å². The maximum Gasteiger partial charge on any atom is 0.339 e. The van der Waals surface area contributed by atoms with Crippen LogP contribution in [0.15, 0.2) is 63.3 Å². The number of rotatable bonds is 5. The van der Waals surface area contributed by atoms with Crippen molar-refractivity contribution in [3.05, 3.63) is 69.5 Å². The molecule has 0 unspecified atom stereocenters. The van der Waals surface area contributed by atoms with Crippen LogP contribution in [0.4, 0.5) is 5.00 Å². The molecule has 0 saturated heterocycles. The Morgan fingerprint density at radius 3 is 2.18 bits per heavy atom. The molecule has 1 aromatic heterocycles. The highest BCUT2D eigenvalue weighted by atomic mass is 79.9. The van der Waals surface area contributed by atoms with E-state index in [4.69, 9.17) is 0 Å². The van der Waals surface area contributed by atoms with Gasteiger partial charge in [-0.2, -0.15) is 0 Å². The molecule has 1 heterocycles. The highest BCUT2D eigenvalue weighted by molar-refractivity contribution is 9.10. The molecule has 2 N–H and O–H groups in total. The second kappa shape index (κ2) is 7.86. The van der Waals surface area contributed by atoms with E-state index in [9.17, 15) is 23.1 Å². The van der Waals surface area contributed by atoms with Crippen LogP contribution in [0.5, 0.6) is 0 Å². The fourth-order valence-electron chi connectivity index (χ4n) is 2.53. The summed E-state index contributed by atoms with van der Waals surface area (Å²) in [7, 11) is -3.36. The molecule has 0 fully saturated rings. The summed E-state index contributed by atoms with van der Waals surface area (Å²) in [6.07, 6.45) is 1.08. The molecule has 2 aromatic carbocycles. The second-order valence-electron chi connectivity index (χ2n) is 5.92. The van der Waals surface area contributed by atoms with Gasteiger partial charge in [0.25, 0.3) is 5.91 Å². The molecular weight excluding hydrogens is 466 g/mol. The summed E-state index contributed by atoms with van der Waals surface area (Å²) in [5.41, 5.74) is 1.46. The number of thiophene rings is 1. The van der Waals surface area contributed by atoms with E-state index in [0.29, 0.717) is 5.56 Å². The number of anilines is 1. The highest BCUT2D eigenvalue weighted by Gasteiger charge is 2.21. The Morgan fingerprint density at radius 2 is 1.64 bits per heavy atom. The van der Waals surface area contributed by atoms with Gasteiger partial charge in [-0.05, 0) is 42.0 Å². The van der Waals surface area contributed by atoms with Crippen molar-refractivity contribution in [3.63, 3.8) is 0 Å². The third kappa shape index (κ3) is 4.32. The fourth-order valence-corrected chi connectivity index (χ4v) is 4.38. The number of amides is 1. The Bertz CT molecular complexity index is 1150. The van der Waals surface area contributed by atoms with Crippen molar-refractivity contribution < 1.29 is 23.1 Å². The number of carboxylic acid groups (broad SMARTS) is 1. The monoisotopic (exact) mass is 479 g/mol. The Morgan fingerprint density at radius 1 is 1.04 bits per heavy atom. The van der Waals surface area contributed by atoms with Crippen LogP contribution in [0.2, 0.25) is 0 Å². The van der Waals surface area contributed by atoms with Crippen LogP contribution in [-0.4, -0.2) is 31.7 Å². The number of carbonyl (C=O) groups is 2. The van der Waals surface area contributed by atoms with Gasteiger partial charge in [0.1, 0.15) is 10.6 Å². The molecule has 0 aliphatic rings. The Kier molecular flexibility index (Phi) is 5.69. The first-order valence-corrected chi connectivity index (χ1v) is 11.5. The molecule has 144 valence electrons.